The van der Waals surface area contributed by atoms with Crippen LogP contribution in [0.5, 0.6) is 0 Å². The summed E-state index contributed by atoms with van der Waals surface area (Å²) in [5, 5.41) is 4.09. The third-order valence-corrected chi connectivity index (χ3v) is 5.45. The first-order valence-electron chi connectivity index (χ1n) is 10.5. The zero-order valence-corrected chi connectivity index (χ0v) is 17.6. The SMILES string of the molecule is CCc1cccc(C(C)C)c1NC(=O)c1cc(-c2ccccc2)nc2ccccc12. The minimum Gasteiger partial charge on any atom is -0.321 e. The van der Waals surface area contributed by atoms with Crippen LogP contribution in [-0.4, -0.2) is 10.9 Å². The second-order valence-corrected chi connectivity index (χ2v) is 7.78. The Morgan fingerprint density at radius 2 is 1.67 bits per heavy atom. The molecule has 4 rings (SSSR count). The summed E-state index contributed by atoms with van der Waals surface area (Å²) in [5.41, 5.74) is 6.49. The van der Waals surface area contributed by atoms with Crippen molar-refractivity contribution in [1.82, 2.24) is 4.98 Å². The van der Waals surface area contributed by atoms with E-state index in [0.29, 0.717) is 11.5 Å². The lowest BCUT2D eigenvalue weighted by molar-refractivity contribution is 0.102. The van der Waals surface area contributed by atoms with Gasteiger partial charge in [0.1, 0.15) is 0 Å². The molecule has 0 spiro atoms. The van der Waals surface area contributed by atoms with Gasteiger partial charge in [-0.3, -0.25) is 4.79 Å². The Bertz CT molecular complexity index is 1200. The van der Waals surface area contributed by atoms with Gasteiger partial charge in [-0.15, -0.1) is 0 Å². The monoisotopic (exact) mass is 394 g/mol. The van der Waals surface area contributed by atoms with Crippen molar-refractivity contribution in [3.8, 4) is 11.3 Å². The van der Waals surface area contributed by atoms with E-state index in [1.807, 2.05) is 60.7 Å². The van der Waals surface area contributed by atoms with Crippen LogP contribution < -0.4 is 5.32 Å². The summed E-state index contributed by atoms with van der Waals surface area (Å²) in [4.78, 5) is 18.3. The van der Waals surface area contributed by atoms with E-state index < -0.39 is 0 Å². The number of nitrogens with one attached hydrogen (secondary N) is 1. The number of nitrogens with zero attached hydrogens (tertiary/aromatic N) is 1. The molecule has 4 aromatic rings. The van der Waals surface area contributed by atoms with Gasteiger partial charge in [-0.2, -0.15) is 0 Å². The fourth-order valence-corrected chi connectivity index (χ4v) is 3.85. The molecule has 0 saturated heterocycles. The van der Waals surface area contributed by atoms with Crippen molar-refractivity contribution in [2.45, 2.75) is 33.1 Å². The van der Waals surface area contributed by atoms with Gasteiger partial charge in [-0.05, 0) is 35.6 Å². The van der Waals surface area contributed by atoms with Crippen molar-refractivity contribution in [2.24, 2.45) is 0 Å². The largest absolute Gasteiger partial charge is 0.321 e. The Labute approximate surface area is 177 Å². The second-order valence-electron chi connectivity index (χ2n) is 7.78. The molecule has 3 aromatic carbocycles. The Morgan fingerprint density at radius 1 is 0.933 bits per heavy atom. The minimum atomic E-state index is -0.103. The number of carbonyl (C=O) groups is 1. The molecule has 1 N–H and O–H groups in total. The van der Waals surface area contributed by atoms with Gasteiger partial charge in [0.15, 0.2) is 0 Å². The molecule has 1 amide bonds. The number of pyridine rings is 1. The number of benzene rings is 3. The molecule has 0 unspecified atom stereocenters. The predicted molar refractivity (Wildman–Crippen MR) is 125 cm³/mol. The van der Waals surface area contributed by atoms with Gasteiger partial charge in [0.25, 0.3) is 5.91 Å². The standard InChI is InChI=1S/C27H26N2O/c1-4-19-13-10-15-21(18(2)3)26(19)29-27(30)23-17-25(20-11-6-5-7-12-20)28-24-16-9-8-14-22(23)24/h5-18H,4H2,1-3H3,(H,29,30). The van der Waals surface area contributed by atoms with E-state index in [9.17, 15) is 4.79 Å². The van der Waals surface area contributed by atoms with E-state index in [1.54, 1.807) is 0 Å². The highest BCUT2D eigenvalue weighted by Gasteiger charge is 2.18. The number of anilines is 1. The third kappa shape index (κ3) is 3.84. The molecule has 1 heterocycles. The lowest BCUT2D eigenvalue weighted by Crippen LogP contribution is -2.16. The second kappa shape index (κ2) is 8.50. The molecule has 0 radical (unpaired) electrons. The maximum Gasteiger partial charge on any atom is 0.256 e. The van der Waals surface area contributed by atoms with Gasteiger partial charge in [0.2, 0.25) is 0 Å². The molecule has 0 saturated carbocycles. The van der Waals surface area contributed by atoms with Gasteiger partial charge < -0.3 is 5.32 Å². The Kier molecular flexibility index (Phi) is 5.62. The number of hydrogen-bond acceptors (Lipinski definition) is 2. The van der Waals surface area contributed by atoms with E-state index in [-0.39, 0.29) is 5.91 Å². The average molecular weight is 395 g/mol. The first-order chi connectivity index (χ1) is 14.6. The van der Waals surface area contributed by atoms with Crippen molar-refractivity contribution in [3.63, 3.8) is 0 Å². The van der Waals surface area contributed by atoms with Crippen LogP contribution in [0.3, 0.4) is 0 Å². The topological polar surface area (TPSA) is 42.0 Å². The summed E-state index contributed by atoms with van der Waals surface area (Å²) < 4.78 is 0. The number of hydrogen-bond donors (Lipinski definition) is 1. The van der Waals surface area contributed by atoms with E-state index in [2.05, 4.69) is 44.3 Å². The van der Waals surface area contributed by atoms with Crippen LogP contribution in [-0.2, 0) is 6.42 Å². The summed E-state index contributed by atoms with van der Waals surface area (Å²) in [6.07, 6.45) is 0.864. The van der Waals surface area contributed by atoms with E-state index in [4.69, 9.17) is 4.98 Å². The first-order valence-corrected chi connectivity index (χ1v) is 10.5. The van der Waals surface area contributed by atoms with Gasteiger partial charge in [0, 0.05) is 16.6 Å². The lowest BCUT2D eigenvalue weighted by Gasteiger charge is -2.18. The van der Waals surface area contributed by atoms with Crippen LogP contribution in [0.1, 0.15) is 48.2 Å². The first kappa shape index (κ1) is 19.8. The van der Waals surface area contributed by atoms with Gasteiger partial charge in [0.05, 0.1) is 16.8 Å². The van der Waals surface area contributed by atoms with Crippen LogP contribution in [0.2, 0.25) is 0 Å². The highest BCUT2D eigenvalue weighted by Crippen LogP contribution is 2.30. The molecular weight excluding hydrogens is 368 g/mol. The number of aromatic nitrogens is 1. The molecule has 3 nitrogen and oxygen atoms in total. The van der Waals surface area contributed by atoms with Crippen LogP contribution in [0, 0.1) is 0 Å². The summed E-state index contributed by atoms with van der Waals surface area (Å²) in [7, 11) is 0. The fraction of sp³-hybridized carbons (Fsp3) is 0.185. The highest BCUT2D eigenvalue weighted by molar-refractivity contribution is 6.13. The van der Waals surface area contributed by atoms with Crippen molar-refractivity contribution in [2.75, 3.05) is 5.32 Å². The zero-order chi connectivity index (χ0) is 21.1. The van der Waals surface area contributed by atoms with Crippen LogP contribution >= 0.6 is 0 Å². The molecule has 150 valence electrons. The van der Waals surface area contributed by atoms with Crippen molar-refractivity contribution in [3.05, 3.63) is 95.6 Å². The molecule has 0 bridgehead atoms. The number of fused-ring (bicyclic) bond motifs is 1. The quantitative estimate of drug-likeness (QED) is 0.403. The van der Waals surface area contributed by atoms with Crippen molar-refractivity contribution in [1.29, 1.82) is 0 Å². The number of amides is 1. The van der Waals surface area contributed by atoms with Crippen molar-refractivity contribution < 1.29 is 4.79 Å². The molecule has 0 aliphatic rings. The lowest BCUT2D eigenvalue weighted by atomic mass is 9.96. The molecule has 0 atom stereocenters. The molecule has 0 fully saturated rings. The Morgan fingerprint density at radius 3 is 2.40 bits per heavy atom. The maximum atomic E-state index is 13.5. The molecule has 30 heavy (non-hydrogen) atoms. The number of aryl methyl sites for hydroxylation is 1. The third-order valence-electron chi connectivity index (χ3n) is 5.45. The number of carbonyl (C=O) groups excluding carboxylic acids is 1. The molecule has 0 aliphatic carbocycles. The number of para-hydroxylation sites is 2. The van der Waals surface area contributed by atoms with Gasteiger partial charge in [-0.1, -0.05) is 87.5 Å². The van der Waals surface area contributed by atoms with Crippen LogP contribution in [0.4, 0.5) is 5.69 Å². The summed E-state index contributed by atoms with van der Waals surface area (Å²) >= 11 is 0. The zero-order valence-electron chi connectivity index (χ0n) is 17.6. The van der Waals surface area contributed by atoms with Crippen molar-refractivity contribution >= 4 is 22.5 Å². The predicted octanol–water partition coefficient (Wildman–Crippen LogP) is 6.84. The molecule has 3 heteroatoms. The fourth-order valence-electron chi connectivity index (χ4n) is 3.85. The summed E-state index contributed by atoms with van der Waals surface area (Å²) in [6, 6.07) is 25.9. The van der Waals surface area contributed by atoms with E-state index in [0.717, 1.165) is 45.4 Å². The smallest absolute Gasteiger partial charge is 0.256 e. The Hall–Kier alpha value is -3.46. The van der Waals surface area contributed by atoms with Gasteiger partial charge in [-0.25, -0.2) is 4.98 Å². The summed E-state index contributed by atoms with van der Waals surface area (Å²) in [5.74, 6) is 0.217. The number of rotatable bonds is 5. The van der Waals surface area contributed by atoms with Crippen LogP contribution in [0.15, 0.2) is 78.9 Å². The van der Waals surface area contributed by atoms with E-state index >= 15 is 0 Å². The summed E-state index contributed by atoms with van der Waals surface area (Å²) in [6.45, 7) is 6.42. The van der Waals surface area contributed by atoms with Crippen LogP contribution in [0.25, 0.3) is 22.2 Å². The maximum absolute atomic E-state index is 13.5. The highest BCUT2D eigenvalue weighted by atomic mass is 16.1. The minimum absolute atomic E-state index is 0.103. The normalized spacial score (nSPS) is 11.1. The van der Waals surface area contributed by atoms with Gasteiger partial charge >= 0.3 is 0 Å². The molecular formula is C27H26N2O. The van der Waals surface area contributed by atoms with E-state index in [1.165, 1.54) is 0 Å². The molecule has 1 aromatic heterocycles. The Balaban J connectivity index is 1.83. The average Bonchev–Trinajstić information content (AvgIpc) is 2.78. The molecule has 0 aliphatic heterocycles.